The van der Waals surface area contributed by atoms with Crippen LogP contribution in [-0.4, -0.2) is 43.6 Å². The van der Waals surface area contributed by atoms with E-state index in [1.54, 1.807) is 21.6 Å². The molecule has 0 bridgehead atoms. The van der Waals surface area contributed by atoms with Crippen LogP contribution in [0.5, 0.6) is 0 Å². The van der Waals surface area contributed by atoms with E-state index in [1.165, 1.54) is 17.3 Å². The molecule has 6 nitrogen and oxygen atoms in total. The quantitative estimate of drug-likeness (QED) is 0.332. The molecule has 0 N–H and O–H groups in total. The number of amides is 1. The van der Waals surface area contributed by atoms with Gasteiger partial charge in [-0.05, 0) is 62.3 Å². The summed E-state index contributed by atoms with van der Waals surface area (Å²) >= 11 is 6.77. The molecule has 0 spiro atoms. The molecule has 2 fully saturated rings. The Balaban J connectivity index is 1.47. The highest BCUT2D eigenvalue weighted by Crippen LogP contribution is 2.35. The number of pyridine rings is 1. The van der Waals surface area contributed by atoms with Crippen molar-refractivity contribution in [3.8, 4) is 0 Å². The average Bonchev–Trinajstić information content (AvgIpc) is 3.18. The second-order valence-electron chi connectivity index (χ2n) is 9.51. The van der Waals surface area contributed by atoms with E-state index >= 15 is 0 Å². The summed E-state index contributed by atoms with van der Waals surface area (Å²) in [5.74, 6) is 1.11. The molecule has 0 unspecified atom stereocenters. The van der Waals surface area contributed by atoms with Crippen LogP contribution in [0.3, 0.4) is 0 Å². The molecule has 1 atom stereocenters. The van der Waals surface area contributed by atoms with Crippen LogP contribution in [0.25, 0.3) is 11.7 Å². The van der Waals surface area contributed by atoms with E-state index in [0.717, 1.165) is 38.8 Å². The number of piperidine rings is 1. The standard InChI is InChI=1S/C28H30N4O2S2/c1-3-19(2)32-27(34)23(36-28(32)35)18-22-25(29-24-11-7-8-14-31(24)26(22)33)30-15-12-21(13-16-30)17-20-9-5-4-6-10-20/h4-11,14,18-19,21H,3,12-13,15-17H2,1-2H3/b23-18-/t19-/m1/s1. The second-order valence-corrected chi connectivity index (χ2v) is 11.2. The number of thiocarbonyl (C=S) groups is 1. The largest absolute Gasteiger partial charge is 0.356 e. The maximum atomic E-state index is 13.6. The van der Waals surface area contributed by atoms with Crippen molar-refractivity contribution >= 4 is 51.7 Å². The monoisotopic (exact) mass is 518 g/mol. The minimum absolute atomic E-state index is 0.0161. The van der Waals surface area contributed by atoms with E-state index < -0.39 is 0 Å². The predicted molar refractivity (Wildman–Crippen MR) is 151 cm³/mol. The first-order chi connectivity index (χ1) is 17.5. The molecular formula is C28H30N4O2S2. The van der Waals surface area contributed by atoms with Gasteiger partial charge in [-0.25, -0.2) is 4.98 Å². The highest BCUT2D eigenvalue weighted by Gasteiger charge is 2.35. The fraction of sp³-hybridized carbons (Fsp3) is 0.357. The van der Waals surface area contributed by atoms with Crippen LogP contribution in [0.15, 0.2) is 64.4 Å². The average molecular weight is 519 g/mol. The van der Waals surface area contributed by atoms with Gasteiger partial charge in [-0.1, -0.05) is 67.3 Å². The number of hydrogen-bond donors (Lipinski definition) is 0. The zero-order valence-electron chi connectivity index (χ0n) is 20.6. The van der Waals surface area contributed by atoms with Crippen molar-refractivity contribution in [1.82, 2.24) is 14.3 Å². The fourth-order valence-electron chi connectivity index (χ4n) is 4.93. The third-order valence-corrected chi connectivity index (χ3v) is 8.49. The Bertz CT molecular complexity index is 1380. The van der Waals surface area contributed by atoms with Crippen molar-refractivity contribution in [2.75, 3.05) is 18.0 Å². The lowest BCUT2D eigenvalue weighted by molar-refractivity contribution is -0.123. The summed E-state index contributed by atoms with van der Waals surface area (Å²) in [4.78, 5) is 36.1. The number of carbonyl (C=O) groups is 1. The smallest absolute Gasteiger partial charge is 0.267 e. The van der Waals surface area contributed by atoms with E-state index in [0.29, 0.717) is 32.2 Å². The van der Waals surface area contributed by atoms with Gasteiger partial charge in [0.1, 0.15) is 15.8 Å². The number of fused-ring (bicyclic) bond motifs is 1. The van der Waals surface area contributed by atoms with Crippen LogP contribution in [0.2, 0.25) is 0 Å². The van der Waals surface area contributed by atoms with Gasteiger partial charge in [0.25, 0.3) is 11.5 Å². The third kappa shape index (κ3) is 4.84. The van der Waals surface area contributed by atoms with Crippen molar-refractivity contribution in [3.63, 3.8) is 0 Å². The van der Waals surface area contributed by atoms with Gasteiger partial charge in [0.15, 0.2) is 0 Å². The Labute approximate surface area is 221 Å². The predicted octanol–water partition coefficient (Wildman–Crippen LogP) is 5.15. The summed E-state index contributed by atoms with van der Waals surface area (Å²) in [6.07, 6.45) is 7.36. The van der Waals surface area contributed by atoms with Gasteiger partial charge in [-0.2, -0.15) is 0 Å². The maximum Gasteiger partial charge on any atom is 0.267 e. The van der Waals surface area contributed by atoms with Gasteiger partial charge in [0.05, 0.1) is 10.5 Å². The van der Waals surface area contributed by atoms with Gasteiger partial charge in [-0.3, -0.25) is 18.9 Å². The Morgan fingerprint density at radius 3 is 2.56 bits per heavy atom. The zero-order valence-corrected chi connectivity index (χ0v) is 22.2. The number of benzene rings is 1. The highest BCUT2D eigenvalue weighted by molar-refractivity contribution is 8.26. The van der Waals surface area contributed by atoms with E-state index in [-0.39, 0.29) is 17.5 Å². The molecule has 4 heterocycles. The summed E-state index contributed by atoms with van der Waals surface area (Å²) in [7, 11) is 0. The molecule has 2 aromatic heterocycles. The minimum atomic E-state index is -0.171. The molecule has 1 amide bonds. The molecule has 5 rings (SSSR count). The number of hydrogen-bond acceptors (Lipinski definition) is 6. The van der Waals surface area contributed by atoms with Gasteiger partial charge in [0, 0.05) is 25.3 Å². The van der Waals surface area contributed by atoms with Gasteiger partial charge < -0.3 is 4.90 Å². The zero-order chi connectivity index (χ0) is 25.2. The summed E-state index contributed by atoms with van der Waals surface area (Å²) in [6, 6.07) is 16.2. The Kier molecular flexibility index (Phi) is 7.25. The Morgan fingerprint density at radius 1 is 1.11 bits per heavy atom. The van der Waals surface area contributed by atoms with Crippen LogP contribution in [-0.2, 0) is 11.2 Å². The summed E-state index contributed by atoms with van der Waals surface area (Å²) in [5.41, 5.74) is 2.25. The Morgan fingerprint density at radius 2 is 1.83 bits per heavy atom. The van der Waals surface area contributed by atoms with E-state index in [1.807, 2.05) is 38.1 Å². The van der Waals surface area contributed by atoms with Crippen LogP contribution in [0.1, 0.15) is 44.2 Å². The molecule has 8 heteroatoms. The van der Waals surface area contributed by atoms with Gasteiger partial charge in [-0.15, -0.1) is 0 Å². The van der Waals surface area contributed by atoms with E-state index in [9.17, 15) is 9.59 Å². The first-order valence-electron chi connectivity index (χ1n) is 12.5. The number of nitrogens with zero attached hydrogens (tertiary/aromatic N) is 4. The summed E-state index contributed by atoms with van der Waals surface area (Å²) in [5, 5.41) is 0. The van der Waals surface area contributed by atoms with Gasteiger partial charge >= 0.3 is 0 Å². The molecule has 2 saturated heterocycles. The SMILES string of the molecule is CC[C@@H](C)N1C(=O)/C(=C/c2c(N3CCC(Cc4ccccc4)CC3)nc3ccccn3c2=O)SC1=S. The van der Waals surface area contributed by atoms with Crippen LogP contribution < -0.4 is 10.5 Å². The van der Waals surface area contributed by atoms with Gasteiger partial charge in [0.2, 0.25) is 0 Å². The Hall–Kier alpha value is -2.97. The molecule has 0 radical (unpaired) electrons. The first kappa shape index (κ1) is 24.7. The van der Waals surface area contributed by atoms with E-state index in [4.69, 9.17) is 17.2 Å². The number of thioether (sulfide) groups is 1. The topological polar surface area (TPSA) is 57.9 Å². The summed E-state index contributed by atoms with van der Waals surface area (Å²) < 4.78 is 2.09. The number of rotatable bonds is 6. The minimum Gasteiger partial charge on any atom is -0.356 e. The number of carbonyl (C=O) groups excluding carboxylic acids is 1. The lowest BCUT2D eigenvalue weighted by atomic mass is 9.90. The van der Waals surface area contributed by atoms with Crippen LogP contribution in [0.4, 0.5) is 5.82 Å². The maximum absolute atomic E-state index is 13.6. The molecular weight excluding hydrogens is 488 g/mol. The fourth-order valence-corrected chi connectivity index (χ4v) is 6.37. The first-order valence-corrected chi connectivity index (χ1v) is 13.8. The number of aromatic nitrogens is 2. The normalized spacial score (nSPS) is 19.0. The lowest BCUT2D eigenvalue weighted by Gasteiger charge is -2.33. The van der Waals surface area contributed by atoms with Crippen molar-refractivity contribution in [2.45, 2.75) is 45.6 Å². The third-order valence-electron chi connectivity index (χ3n) is 7.16. The van der Waals surface area contributed by atoms with E-state index in [2.05, 4.69) is 29.2 Å². The van der Waals surface area contributed by atoms with Crippen molar-refractivity contribution in [1.29, 1.82) is 0 Å². The van der Waals surface area contributed by atoms with Crippen LogP contribution in [0, 0.1) is 5.92 Å². The second kappa shape index (κ2) is 10.6. The highest BCUT2D eigenvalue weighted by atomic mass is 32.2. The molecule has 2 aliphatic heterocycles. The summed E-state index contributed by atoms with van der Waals surface area (Å²) in [6.45, 7) is 5.67. The lowest BCUT2D eigenvalue weighted by Crippen LogP contribution is -2.37. The van der Waals surface area contributed by atoms with Crippen molar-refractivity contribution in [3.05, 3.63) is 81.1 Å². The molecule has 0 saturated carbocycles. The van der Waals surface area contributed by atoms with Crippen molar-refractivity contribution < 1.29 is 4.79 Å². The molecule has 186 valence electrons. The molecule has 1 aromatic carbocycles. The molecule has 36 heavy (non-hydrogen) atoms. The molecule has 3 aromatic rings. The number of anilines is 1. The van der Waals surface area contributed by atoms with Crippen molar-refractivity contribution in [2.24, 2.45) is 5.92 Å². The molecule has 2 aliphatic rings. The van der Waals surface area contributed by atoms with Crippen LogP contribution >= 0.6 is 24.0 Å². The molecule has 0 aliphatic carbocycles.